The molecule has 8 aromatic carbocycles. The van der Waals surface area contributed by atoms with E-state index in [0.29, 0.717) is 5.92 Å². The van der Waals surface area contributed by atoms with Crippen LogP contribution in [0.4, 0.5) is 17.1 Å². The van der Waals surface area contributed by atoms with Gasteiger partial charge >= 0.3 is 0 Å². The van der Waals surface area contributed by atoms with Crippen molar-refractivity contribution in [3.63, 3.8) is 0 Å². The molecule has 0 aliphatic heterocycles. The molecule has 268 valence electrons. The van der Waals surface area contributed by atoms with Crippen molar-refractivity contribution in [1.29, 1.82) is 0 Å². The highest BCUT2D eigenvalue weighted by atomic mass is 32.1. The van der Waals surface area contributed by atoms with Gasteiger partial charge in [-0.2, -0.15) is 0 Å². The van der Waals surface area contributed by atoms with Gasteiger partial charge in [0.1, 0.15) is 0 Å². The smallest absolute Gasteiger partial charge is 0.0698 e. The molecule has 0 saturated heterocycles. The van der Waals surface area contributed by atoms with Gasteiger partial charge in [0, 0.05) is 43.2 Å². The molecule has 0 N–H and O–H groups in total. The number of thiophene rings is 1. The van der Waals surface area contributed by atoms with Crippen LogP contribution < -0.4 is 4.90 Å². The average molecular weight is 744 g/mol. The monoisotopic (exact) mass is 743 g/mol. The van der Waals surface area contributed by atoms with Crippen molar-refractivity contribution in [3.8, 4) is 33.4 Å². The SMILES string of the molecule is C1=CCC2C(=C1)C1(c3ccccc3-c3ccc4sc5ccccc5c4c31)c1c(-c3ccc(N(c4ccccc4)c4ccc(-c5ccccc5)cc4)cc3)cccc12. The third-order valence-electron chi connectivity index (χ3n) is 12.7. The van der Waals surface area contributed by atoms with E-state index in [1.165, 1.54) is 81.4 Å². The van der Waals surface area contributed by atoms with Crippen molar-refractivity contribution in [2.45, 2.75) is 17.8 Å². The maximum Gasteiger partial charge on any atom is 0.0698 e. The van der Waals surface area contributed by atoms with Gasteiger partial charge in [-0.3, -0.25) is 0 Å². The Bertz CT molecular complexity index is 3080. The second-order valence-electron chi connectivity index (χ2n) is 15.5. The quantitative estimate of drug-likeness (QED) is 0.170. The van der Waals surface area contributed by atoms with Gasteiger partial charge in [-0.25, -0.2) is 0 Å². The lowest BCUT2D eigenvalue weighted by atomic mass is 9.66. The first-order valence-corrected chi connectivity index (χ1v) is 20.8. The molecule has 0 bridgehead atoms. The summed E-state index contributed by atoms with van der Waals surface area (Å²) in [6.07, 6.45) is 8.15. The fourth-order valence-corrected chi connectivity index (χ4v) is 11.5. The first-order chi connectivity index (χ1) is 28.3. The van der Waals surface area contributed by atoms with Crippen LogP contribution in [-0.4, -0.2) is 0 Å². The van der Waals surface area contributed by atoms with Gasteiger partial charge in [0.2, 0.25) is 0 Å². The van der Waals surface area contributed by atoms with Gasteiger partial charge in [0.15, 0.2) is 0 Å². The van der Waals surface area contributed by atoms with Gasteiger partial charge in [-0.1, -0.05) is 158 Å². The van der Waals surface area contributed by atoms with Crippen molar-refractivity contribution in [1.82, 2.24) is 0 Å². The minimum absolute atomic E-state index is 0.316. The van der Waals surface area contributed by atoms with Crippen molar-refractivity contribution in [3.05, 3.63) is 234 Å². The lowest BCUT2D eigenvalue weighted by molar-refractivity contribution is 0.713. The number of hydrogen-bond donors (Lipinski definition) is 0. The highest BCUT2D eigenvalue weighted by molar-refractivity contribution is 7.25. The zero-order chi connectivity index (χ0) is 37.5. The third-order valence-corrected chi connectivity index (χ3v) is 13.8. The summed E-state index contributed by atoms with van der Waals surface area (Å²) in [5, 5.41) is 2.77. The molecule has 2 atom stereocenters. The maximum absolute atomic E-state index is 2.46. The summed E-state index contributed by atoms with van der Waals surface area (Å²) in [4.78, 5) is 2.36. The molecule has 0 fully saturated rings. The van der Waals surface area contributed by atoms with E-state index in [0.717, 1.165) is 23.5 Å². The van der Waals surface area contributed by atoms with Gasteiger partial charge in [-0.15, -0.1) is 11.3 Å². The molecular formula is C55H37NS. The van der Waals surface area contributed by atoms with Crippen LogP contribution >= 0.6 is 11.3 Å². The van der Waals surface area contributed by atoms with Crippen LogP contribution in [0.3, 0.4) is 0 Å². The predicted molar refractivity (Wildman–Crippen MR) is 241 cm³/mol. The minimum atomic E-state index is -0.411. The van der Waals surface area contributed by atoms with E-state index in [1.807, 2.05) is 11.3 Å². The molecule has 0 amide bonds. The molecule has 1 nitrogen and oxygen atoms in total. The summed E-state index contributed by atoms with van der Waals surface area (Å²) in [5.74, 6) is 0.316. The topological polar surface area (TPSA) is 3.24 Å². The van der Waals surface area contributed by atoms with Gasteiger partial charge in [0.05, 0.1) is 5.41 Å². The molecule has 2 unspecified atom stereocenters. The van der Waals surface area contributed by atoms with Crippen LogP contribution in [0.25, 0.3) is 53.6 Å². The fourth-order valence-electron chi connectivity index (χ4n) is 10.4. The molecule has 3 aliphatic carbocycles. The van der Waals surface area contributed by atoms with Crippen molar-refractivity contribution in [2.75, 3.05) is 4.90 Å². The van der Waals surface area contributed by atoms with E-state index < -0.39 is 5.41 Å². The summed E-state index contributed by atoms with van der Waals surface area (Å²) >= 11 is 1.92. The number of allylic oxidation sites excluding steroid dienone is 4. The molecule has 2 heteroatoms. The largest absolute Gasteiger partial charge is 0.311 e. The normalized spacial score (nSPS) is 17.3. The molecule has 3 aliphatic rings. The van der Waals surface area contributed by atoms with Crippen LogP contribution in [0.5, 0.6) is 0 Å². The number of para-hydroxylation sites is 1. The number of nitrogens with zero attached hydrogens (tertiary/aromatic N) is 1. The Morgan fingerprint density at radius 3 is 1.93 bits per heavy atom. The Balaban J connectivity index is 1.06. The average Bonchev–Trinajstić information content (AvgIpc) is 3.92. The summed E-state index contributed by atoms with van der Waals surface area (Å²) in [5.41, 5.74) is 18.0. The van der Waals surface area contributed by atoms with Crippen LogP contribution in [-0.2, 0) is 5.41 Å². The fraction of sp³-hybridized carbons (Fsp3) is 0.0545. The first-order valence-electron chi connectivity index (χ1n) is 20.0. The predicted octanol–water partition coefficient (Wildman–Crippen LogP) is 15.2. The van der Waals surface area contributed by atoms with E-state index in [1.54, 1.807) is 0 Å². The first kappa shape index (κ1) is 32.5. The molecule has 1 aromatic heterocycles. The zero-order valence-corrected chi connectivity index (χ0v) is 32.1. The molecule has 12 rings (SSSR count). The Hall–Kier alpha value is -6.74. The highest BCUT2D eigenvalue weighted by Gasteiger charge is 2.56. The molecular weight excluding hydrogens is 707 g/mol. The minimum Gasteiger partial charge on any atom is -0.311 e. The van der Waals surface area contributed by atoms with Gasteiger partial charge in [-0.05, 0) is 116 Å². The number of fused-ring (bicyclic) bond motifs is 14. The number of hydrogen-bond acceptors (Lipinski definition) is 2. The Kier molecular flexibility index (Phi) is 7.21. The summed E-state index contributed by atoms with van der Waals surface area (Å²) in [7, 11) is 0. The van der Waals surface area contributed by atoms with E-state index in [4.69, 9.17) is 0 Å². The van der Waals surface area contributed by atoms with E-state index in [-0.39, 0.29) is 0 Å². The third kappa shape index (κ3) is 4.68. The van der Waals surface area contributed by atoms with Crippen molar-refractivity contribution in [2.24, 2.45) is 0 Å². The summed E-state index contributed by atoms with van der Waals surface area (Å²) in [6, 6.07) is 69.7. The van der Waals surface area contributed by atoms with Crippen LogP contribution in [0.15, 0.2) is 212 Å². The highest BCUT2D eigenvalue weighted by Crippen LogP contribution is 2.68. The van der Waals surface area contributed by atoms with E-state index in [2.05, 4.69) is 211 Å². The van der Waals surface area contributed by atoms with Crippen LogP contribution in [0.2, 0.25) is 0 Å². The molecule has 0 radical (unpaired) electrons. The van der Waals surface area contributed by atoms with Gasteiger partial charge in [0.25, 0.3) is 0 Å². The number of benzene rings is 8. The lowest BCUT2D eigenvalue weighted by Gasteiger charge is -2.34. The summed E-state index contributed by atoms with van der Waals surface area (Å²) in [6.45, 7) is 0. The number of anilines is 3. The van der Waals surface area contributed by atoms with Gasteiger partial charge < -0.3 is 4.90 Å². The second-order valence-corrected chi connectivity index (χ2v) is 16.6. The van der Waals surface area contributed by atoms with Crippen molar-refractivity contribution < 1.29 is 0 Å². The molecule has 9 aromatic rings. The number of rotatable bonds is 5. The molecule has 0 saturated carbocycles. The Morgan fingerprint density at radius 2 is 1.12 bits per heavy atom. The molecule has 1 spiro atoms. The standard InChI is InChI=1S/C55H37NS/c1-3-14-36(15-4-1)37-26-30-40(31-27-37)56(39-16-5-2-6-17-39)41-32-28-38(29-33-41)42-21-13-22-45-43-18-7-10-23-48(43)55(53(42)45)49-24-11-8-19-44(49)46-34-35-51-52(54(46)55)47-20-9-12-25-50(47)57-51/h1-17,19-35,43H,18H2. The van der Waals surface area contributed by atoms with E-state index in [9.17, 15) is 0 Å². The zero-order valence-electron chi connectivity index (χ0n) is 31.3. The van der Waals surface area contributed by atoms with Crippen LogP contribution in [0.1, 0.15) is 34.6 Å². The van der Waals surface area contributed by atoms with Crippen LogP contribution in [0, 0.1) is 0 Å². The van der Waals surface area contributed by atoms with E-state index >= 15 is 0 Å². The Morgan fingerprint density at radius 1 is 0.474 bits per heavy atom. The molecule has 57 heavy (non-hydrogen) atoms. The second kappa shape index (κ2) is 12.6. The lowest BCUT2D eigenvalue weighted by Crippen LogP contribution is -2.28. The maximum atomic E-state index is 2.46. The Labute approximate surface area is 337 Å². The summed E-state index contributed by atoms with van der Waals surface area (Å²) < 4.78 is 2.71. The van der Waals surface area contributed by atoms with Crippen molar-refractivity contribution >= 4 is 48.6 Å². The molecule has 1 heterocycles.